The molecule has 1 aromatic rings. The number of aromatic nitrogens is 3. The molecule has 2 aliphatic rings. The predicted octanol–water partition coefficient (Wildman–Crippen LogP) is 1.12. The number of nitrogens with zero attached hydrogens (tertiary/aromatic N) is 3. The topological polar surface area (TPSA) is 68.0 Å². The second-order valence-corrected chi connectivity index (χ2v) is 4.43. The molecule has 1 aromatic heterocycles. The van der Waals surface area contributed by atoms with Crippen LogP contribution in [-0.2, 0) is 11.2 Å². The zero-order valence-corrected chi connectivity index (χ0v) is 8.39. The number of aliphatic carboxylic acids is 1. The summed E-state index contributed by atoms with van der Waals surface area (Å²) >= 11 is 0. The Bertz CT molecular complexity index is 409. The number of carboxylic acids is 1. The lowest BCUT2D eigenvalue weighted by molar-refractivity contribution is -0.137. The second kappa shape index (κ2) is 3.05. The summed E-state index contributed by atoms with van der Waals surface area (Å²) in [6, 6.07) is 0.496. The number of carboxylic acid groups (broad SMARTS) is 1. The SMILES string of the molecule is O=C(O)CC1CCc2nnn(C3CC3)c21. The average molecular weight is 207 g/mol. The van der Waals surface area contributed by atoms with Crippen molar-refractivity contribution >= 4 is 5.97 Å². The van der Waals surface area contributed by atoms with Gasteiger partial charge in [-0.2, -0.15) is 0 Å². The van der Waals surface area contributed by atoms with Crippen LogP contribution < -0.4 is 0 Å². The van der Waals surface area contributed by atoms with Gasteiger partial charge >= 0.3 is 5.97 Å². The maximum atomic E-state index is 10.7. The molecule has 2 aliphatic carbocycles. The summed E-state index contributed by atoms with van der Waals surface area (Å²) in [5, 5.41) is 17.1. The summed E-state index contributed by atoms with van der Waals surface area (Å²) in [6.07, 6.45) is 4.34. The van der Waals surface area contributed by atoms with Crippen molar-refractivity contribution in [2.75, 3.05) is 0 Å². The molecule has 0 aliphatic heterocycles. The van der Waals surface area contributed by atoms with E-state index in [0.29, 0.717) is 6.04 Å². The first-order valence-electron chi connectivity index (χ1n) is 5.41. The van der Waals surface area contributed by atoms with E-state index in [2.05, 4.69) is 10.3 Å². The first-order valence-corrected chi connectivity index (χ1v) is 5.41. The van der Waals surface area contributed by atoms with E-state index < -0.39 is 5.97 Å². The van der Waals surface area contributed by atoms with Gasteiger partial charge < -0.3 is 5.11 Å². The molecule has 0 saturated heterocycles. The van der Waals surface area contributed by atoms with Gasteiger partial charge in [0.2, 0.25) is 0 Å². The Labute approximate surface area is 87.1 Å². The molecule has 80 valence electrons. The molecule has 0 spiro atoms. The highest BCUT2D eigenvalue weighted by Gasteiger charge is 2.35. The molecular weight excluding hydrogens is 194 g/mol. The predicted molar refractivity (Wildman–Crippen MR) is 51.6 cm³/mol. The normalized spacial score (nSPS) is 24.1. The quantitative estimate of drug-likeness (QED) is 0.806. The number of hydrogen-bond donors (Lipinski definition) is 1. The van der Waals surface area contributed by atoms with Crippen LogP contribution in [0.5, 0.6) is 0 Å². The summed E-state index contributed by atoms with van der Waals surface area (Å²) in [5.41, 5.74) is 2.12. The Balaban J connectivity index is 1.92. The van der Waals surface area contributed by atoms with Crippen LogP contribution in [0.3, 0.4) is 0 Å². The van der Waals surface area contributed by atoms with Crippen LogP contribution in [0.1, 0.15) is 49.0 Å². The molecule has 5 nitrogen and oxygen atoms in total. The lowest BCUT2D eigenvalue weighted by atomic mass is 10.0. The Hall–Kier alpha value is -1.39. The monoisotopic (exact) mass is 207 g/mol. The van der Waals surface area contributed by atoms with Gasteiger partial charge in [-0.1, -0.05) is 5.21 Å². The summed E-state index contributed by atoms with van der Waals surface area (Å²) in [4.78, 5) is 10.7. The molecule has 1 N–H and O–H groups in total. The highest BCUT2D eigenvalue weighted by molar-refractivity contribution is 5.68. The van der Waals surface area contributed by atoms with E-state index in [4.69, 9.17) is 5.11 Å². The number of fused-ring (bicyclic) bond motifs is 1. The maximum Gasteiger partial charge on any atom is 0.304 e. The molecule has 1 fully saturated rings. The molecule has 0 amide bonds. The van der Waals surface area contributed by atoms with E-state index in [1.165, 1.54) is 0 Å². The molecule has 3 rings (SSSR count). The van der Waals surface area contributed by atoms with Gasteiger partial charge in [0.1, 0.15) is 0 Å². The highest BCUT2D eigenvalue weighted by Crippen LogP contribution is 2.41. The van der Waals surface area contributed by atoms with Crippen LogP contribution >= 0.6 is 0 Å². The van der Waals surface area contributed by atoms with Crippen LogP contribution in [0.25, 0.3) is 0 Å². The largest absolute Gasteiger partial charge is 0.481 e. The third kappa shape index (κ3) is 1.42. The van der Waals surface area contributed by atoms with Crippen molar-refractivity contribution in [3.05, 3.63) is 11.4 Å². The molecule has 15 heavy (non-hydrogen) atoms. The van der Waals surface area contributed by atoms with Crippen molar-refractivity contribution in [3.8, 4) is 0 Å². The molecule has 1 atom stereocenters. The molecule has 0 bridgehead atoms. The van der Waals surface area contributed by atoms with Gasteiger partial charge in [-0.3, -0.25) is 4.79 Å². The minimum Gasteiger partial charge on any atom is -0.481 e. The fraction of sp³-hybridized carbons (Fsp3) is 0.700. The number of rotatable bonds is 3. The van der Waals surface area contributed by atoms with Gasteiger partial charge in [0.15, 0.2) is 0 Å². The summed E-state index contributed by atoms with van der Waals surface area (Å²) in [7, 11) is 0. The minimum atomic E-state index is -0.726. The number of carbonyl (C=O) groups is 1. The number of aryl methyl sites for hydroxylation is 1. The fourth-order valence-corrected chi connectivity index (χ4v) is 2.38. The lowest BCUT2D eigenvalue weighted by Gasteiger charge is -2.09. The number of hydrogen-bond acceptors (Lipinski definition) is 3. The Morgan fingerprint density at radius 2 is 2.27 bits per heavy atom. The van der Waals surface area contributed by atoms with Crippen molar-refractivity contribution in [1.29, 1.82) is 0 Å². The van der Waals surface area contributed by atoms with Crippen molar-refractivity contribution in [2.24, 2.45) is 0 Å². The molecule has 1 saturated carbocycles. The van der Waals surface area contributed by atoms with Crippen molar-refractivity contribution in [3.63, 3.8) is 0 Å². The van der Waals surface area contributed by atoms with E-state index in [9.17, 15) is 4.79 Å². The molecule has 0 radical (unpaired) electrons. The van der Waals surface area contributed by atoms with E-state index in [0.717, 1.165) is 37.1 Å². The Kier molecular flexibility index (Phi) is 1.81. The summed E-state index contributed by atoms with van der Waals surface area (Å²) in [5.74, 6) is -0.593. The lowest BCUT2D eigenvalue weighted by Crippen LogP contribution is -2.09. The van der Waals surface area contributed by atoms with Crippen LogP contribution in [0.4, 0.5) is 0 Å². The minimum absolute atomic E-state index is 0.132. The molecule has 1 heterocycles. The Morgan fingerprint density at radius 3 is 2.93 bits per heavy atom. The molecule has 0 aromatic carbocycles. The van der Waals surface area contributed by atoms with E-state index in [1.807, 2.05) is 4.68 Å². The van der Waals surface area contributed by atoms with E-state index in [1.54, 1.807) is 0 Å². The molecular formula is C10H13N3O2. The van der Waals surface area contributed by atoms with Crippen molar-refractivity contribution in [2.45, 2.75) is 44.1 Å². The maximum absolute atomic E-state index is 10.7. The third-order valence-electron chi connectivity index (χ3n) is 3.23. The van der Waals surface area contributed by atoms with Gasteiger partial charge in [0, 0.05) is 5.92 Å². The van der Waals surface area contributed by atoms with E-state index >= 15 is 0 Å². The summed E-state index contributed by atoms with van der Waals surface area (Å²) in [6.45, 7) is 0. The van der Waals surface area contributed by atoms with Gasteiger partial charge in [-0.15, -0.1) is 5.10 Å². The van der Waals surface area contributed by atoms with Crippen LogP contribution in [-0.4, -0.2) is 26.1 Å². The zero-order chi connectivity index (χ0) is 10.4. The van der Waals surface area contributed by atoms with Crippen molar-refractivity contribution < 1.29 is 9.90 Å². The van der Waals surface area contributed by atoms with Crippen molar-refractivity contribution in [1.82, 2.24) is 15.0 Å². The van der Waals surface area contributed by atoms with Gasteiger partial charge in [0.05, 0.1) is 23.9 Å². The standard InChI is InChI=1S/C10H13N3O2/c14-9(15)5-6-1-4-8-10(6)13(12-11-8)7-2-3-7/h6-7H,1-5H2,(H,14,15). The molecule has 1 unspecified atom stereocenters. The van der Waals surface area contributed by atoms with Gasteiger partial charge in [-0.05, 0) is 25.7 Å². The average Bonchev–Trinajstić information content (AvgIpc) is 2.81. The van der Waals surface area contributed by atoms with Crippen LogP contribution in [0, 0.1) is 0 Å². The third-order valence-corrected chi connectivity index (χ3v) is 3.23. The first kappa shape index (κ1) is 8.88. The smallest absolute Gasteiger partial charge is 0.304 e. The van der Waals surface area contributed by atoms with Gasteiger partial charge in [-0.25, -0.2) is 4.68 Å². The zero-order valence-electron chi connectivity index (χ0n) is 8.39. The van der Waals surface area contributed by atoms with Gasteiger partial charge in [0.25, 0.3) is 0 Å². The van der Waals surface area contributed by atoms with Crippen LogP contribution in [0.2, 0.25) is 0 Å². The molecule has 5 heteroatoms. The Morgan fingerprint density at radius 1 is 1.47 bits per heavy atom. The van der Waals surface area contributed by atoms with Crippen LogP contribution in [0.15, 0.2) is 0 Å². The highest BCUT2D eigenvalue weighted by atomic mass is 16.4. The second-order valence-electron chi connectivity index (χ2n) is 4.43. The fourth-order valence-electron chi connectivity index (χ4n) is 2.38. The first-order chi connectivity index (χ1) is 7.25. The summed E-state index contributed by atoms with van der Waals surface area (Å²) < 4.78 is 1.97. The van der Waals surface area contributed by atoms with E-state index in [-0.39, 0.29) is 12.3 Å².